The van der Waals surface area contributed by atoms with Crippen LogP contribution in [0.25, 0.3) is 0 Å². The highest BCUT2D eigenvalue weighted by atomic mass is 19.1. The normalized spacial score (nSPS) is 16.0. The second-order valence-corrected chi connectivity index (χ2v) is 5.03. The lowest BCUT2D eigenvalue weighted by Crippen LogP contribution is -2.29. The Kier molecular flexibility index (Phi) is 4.40. The third kappa shape index (κ3) is 3.55. The summed E-state index contributed by atoms with van der Waals surface area (Å²) in [7, 11) is 0. The van der Waals surface area contributed by atoms with Crippen LogP contribution in [0.1, 0.15) is 12.0 Å². The first-order chi connectivity index (χ1) is 10.3. The Morgan fingerprint density at radius 2 is 2.00 bits per heavy atom. The van der Waals surface area contributed by atoms with Crippen LogP contribution in [0.5, 0.6) is 0 Å². The topological polar surface area (TPSA) is 56.1 Å². The number of anilines is 1. The molecule has 6 nitrogen and oxygen atoms in total. The van der Waals surface area contributed by atoms with E-state index < -0.39 is 0 Å². The summed E-state index contributed by atoms with van der Waals surface area (Å²) < 4.78 is 20.1. The Labute approximate surface area is 122 Å². The SMILES string of the molecule is Fc1ccc(CCn2nnnc2N2CCCOCC2)cc1. The molecule has 2 heterocycles. The minimum Gasteiger partial charge on any atom is -0.380 e. The van der Waals surface area contributed by atoms with Crippen LogP contribution in [-0.4, -0.2) is 46.5 Å². The molecule has 0 amide bonds. The molecular formula is C14H18FN5O. The van der Waals surface area contributed by atoms with Gasteiger partial charge in [0.1, 0.15) is 5.82 Å². The summed E-state index contributed by atoms with van der Waals surface area (Å²) >= 11 is 0. The molecule has 2 aromatic rings. The molecule has 0 atom stereocenters. The van der Waals surface area contributed by atoms with E-state index in [0.717, 1.165) is 44.0 Å². The predicted molar refractivity (Wildman–Crippen MR) is 75.6 cm³/mol. The number of aromatic nitrogens is 4. The van der Waals surface area contributed by atoms with Gasteiger partial charge < -0.3 is 9.64 Å². The largest absolute Gasteiger partial charge is 0.380 e. The molecule has 0 unspecified atom stereocenters. The lowest BCUT2D eigenvalue weighted by Gasteiger charge is -2.19. The lowest BCUT2D eigenvalue weighted by molar-refractivity contribution is 0.152. The molecule has 1 aromatic heterocycles. The highest BCUT2D eigenvalue weighted by Crippen LogP contribution is 2.12. The third-order valence-corrected chi connectivity index (χ3v) is 3.54. The van der Waals surface area contributed by atoms with Gasteiger partial charge in [-0.1, -0.05) is 17.2 Å². The van der Waals surface area contributed by atoms with Crippen molar-refractivity contribution in [1.82, 2.24) is 20.2 Å². The van der Waals surface area contributed by atoms with Crippen LogP contribution >= 0.6 is 0 Å². The summed E-state index contributed by atoms with van der Waals surface area (Å²) in [5, 5.41) is 11.9. The molecule has 112 valence electrons. The Hall–Kier alpha value is -2.02. The zero-order valence-corrected chi connectivity index (χ0v) is 11.8. The number of hydrogen-bond donors (Lipinski definition) is 0. The van der Waals surface area contributed by atoms with E-state index in [4.69, 9.17) is 4.74 Å². The fourth-order valence-electron chi connectivity index (χ4n) is 2.40. The van der Waals surface area contributed by atoms with Crippen molar-refractivity contribution in [3.8, 4) is 0 Å². The van der Waals surface area contributed by atoms with Gasteiger partial charge in [0, 0.05) is 19.7 Å². The van der Waals surface area contributed by atoms with E-state index in [0.29, 0.717) is 13.2 Å². The van der Waals surface area contributed by atoms with E-state index >= 15 is 0 Å². The van der Waals surface area contributed by atoms with E-state index in [9.17, 15) is 4.39 Å². The highest BCUT2D eigenvalue weighted by Gasteiger charge is 2.16. The van der Waals surface area contributed by atoms with Crippen LogP contribution in [0.2, 0.25) is 0 Å². The molecular weight excluding hydrogens is 273 g/mol. The van der Waals surface area contributed by atoms with Gasteiger partial charge in [-0.05, 0) is 41.0 Å². The first kappa shape index (κ1) is 13.9. The van der Waals surface area contributed by atoms with Gasteiger partial charge >= 0.3 is 0 Å². The number of nitrogens with zero attached hydrogens (tertiary/aromatic N) is 5. The number of halogens is 1. The average molecular weight is 291 g/mol. The van der Waals surface area contributed by atoms with Crippen molar-refractivity contribution in [3.63, 3.8) is 0 Å². The van der Waals surface area contributed by atoms with Gasteiger partial charge in [0.2, 0.25) is 5.95 Å². The standard InChI is InChI=1S/C14H18FN5O/c15-13-4-2-12(3-5-13)6-8-20-14(16-17-18-20)19-7-1-10-21-11-9-19/h2-5H,1,6-11H2. The minimum atomic E-state index is -0.216. The number of ether oxygens (including phenoxy) is 1. The Morgan fingerprint density at radius 3 is 2.86 bits per heavy atom. The number of rotatable bonds is 4. The van der Waals surface area contributed by atoms with Crippen molar-refractivity contribution in [3.05, 3.63) is 35.6 Å². The second kappa shape index (κ2) is 6.62. The maximum absolute atomic E-state index is 12.9. The molecule has 0 radical (unpaired) electrons. The van der Waals surface area contributed by atoms with Crippen LogP contribution in [0.4, 0.5) is 10.3 Å². The Morgan fingerprint density at radius 1 is 1.14 bits per heavy atom. The summed E-state index contributed by atoms with van der Waals surface area (Å²) in [5.74, 6) is 0.564. The smallest absolute Gasteiger partial charge is 0.245 e. The van der Waals surface area contributed by atoms with E-state index in [1.165, 1.54) is 12.1 Å². The fraction of sp³-hybridized carbons (Fsp3) is 0.500. The van der Waals surface area contributed by atoms with Crippen molar-refractivity contribution < 1.29 is 9.13 Å². The molecule has 0 saturated carbocycles. The summed E-state index contributed by atoms with van der Waals surface area (Å²) in [6.07, 6.45) is 1.74. The van der Waals surface area contributed by atoms with Crippen LogP contribution in [-0.2, 0) is 17.7 Å². The van der Waals surface area contributed by atoms with Gasteiger partial charge in [-0.15, -0.1) is 0 Å². The van der Waals surface area contributed by atoms with Gasteiger partial charge in [-0.2, -0.15) is 0 Å². The maximum Gasteiger partial charge on any atom is 0.245 e. The molecule has 0 spiro atoms. The molecule has 1 aliphatic rings. The monoisotopic (exact) mass is 291 g/mol. The zero-order valence-electron chi connectivity index (χ0n) is 11.8. The number of benzene rings is 1. The van der Waals surface area contributed by atoms with Crippen LogP contribution < -0.4 is 4.90 Å². The predicted octanol–water partition coefficient (Wildman–Crippen LogP) is 1.28. The van der Waals surface area contributed by atoms with Crippen LogP contribution in [0, 0.1) is 5.82 Å². The lowest BCUT2D eigenvalue weighted by atomic mass is 10.1. The zero-order chi connectivity index (χ0) is 14.5. The molecule has 0 N–H and O–H groups in total. The van der Waals surface area contributed by atoms with Crippen LogP contribution in [0.3, 0.4) is 0 Å². The molecule has 7 heteroatoms. The van der Waals surface area contributed by atoms with E-state index in [-0.39, 0.29) is 5.82 Å². The second-order valence-electron chi connectivity index (χ2n) is 5.03. The molecule has 0 bridgehead atoms. The minimum absolute atomic E-state index is 0.216. The van der Waals surface area contributed by atoms with Crippen molar-refractivity contribution in [2.45, 2.75) is 19.4 Å². The first-order valence-corrected chi connectivity index (χ1v) is 7.16. The first-order valence-electron chi connectivity index (χ1n) is 7.16. The molecule has 3 rings (SSSR count). The van der Waals surface area contributed by atoms with E-state index in [2.05, 4.69) is 20.4 Å². The van der Waals surface area contributed by atoms with Gasteiger partial charge in [-0.3, -0.25) is 0 Å². The van der Waals surface area contributed by atoms with Gasteiger partial charge in [0.05, 0.1) is 13.2 Å². The van der Waals surface area contributed by atoms with Gasteiger partial charge in [-0.25, -0.2) is 9.07 Å². The van der Waals surface area contributed by atoms with E-state index in [1.54, 1.807) is 16.8 Å². The Balaban J connectivity index is 1.65. The van der Waals surface area contributed by atoms with Crippen molar-refractivity contribution in [1.29, 1.82) is 0 Å². The molecule has 1 saturated heterocycles. The maximum atomic E-state index is 12.9. The van der Waals surface area contributed by atoms with E-state index in [1.807, 2.05) is 0 Å². The molecule has 0 aliphatic carbocycles. The Bertz CT molecular complexity index is 563. The molecule has 1 fully saturated rings. The fourth-order valence-corrected chi connectivity index (χ4v) is 2.40. The molecule has 1 aliphatic heterocycles. The summed E-state index contributed by atoms with van der Waals surface area (Å²) in [4.78, 5) is 2.15. The molecule has 21 heavy (non-hydrogen) atoms. The third-order valence-electron chi connectivity index (χ3n) is 3.54. The van der Waals surface area contributed by atoms with Crippen molar-refractivity contribution >= 4 is 5.95 Å². The van der Waals surface area contributed by atoms with Crippen LogP contribution in [0.15, 0.2) is 24.3 Å². The summed E-state index contributed by atoms with van der Waals surface area (Å²) in [6.45, 7) is 3.86. The highest BCUT2D eigenvalue weighted by molar-refractivity contribution is 5.28. The average Bonchev–Trinajstić information content (AvgIpc) is 2.80. The summed E-state index contributed by atoms with van der Waals surface area (Å²) in [6, 6.07) is 6.53. The number of tetrazole rings is 1. The summed E-state index contributed by atoms with van der Waals surface area (Å²) in [5.41, 5.74) is 1.07. The number of hydrogen-bond acceptors (Lipinski definition) is 5. The molecule has 1 aromatic carbocycles. The van der Waals surface area contributed by atoms with Crippen molar-refractivity contribution in [2.75, 3.05) is 31.2 Å². The number of aryl methyl sites for hydroxylation is 2. The van der Waals surface area contributed by atoms with Crippen molar-refractivity contribution in [2.24, 2.45) is 0 Å². The van der Waals surface area contributed by atoms with Gasteiger partial charge in [0.25, 0.3) is 0 Å². The quantitative estimate of drug-likeness (QED) is 0.849. The van der Waals surface area contributed by atoms with Gasteiger partial charge in [0.15, 0.2) is 0 Å².